The van der Waals surface area contributed by atoms with Gasteiger partial charge in [-0.25, -0.2) is 0 Å². The van der Waals surface area contributed by atoms with E-state index in [0.717, 1.165) is 15.4 Å². The van der Waals surface area contributed by atoms with Crippen LogP contribution in [0.25, 0.3) is 10.9 Å². The van der Waals surface area contributed by atoms with Crippen molar-refractivity contribution in [3.05, 3.63) is 28.9 Å². The molecule has 0 saturated carbocycles. The van der Waals surface area contributed by atoms with Gasteiger partial charge in [0.05, 0.1) is 11.9 Å². The number of benzene rings is 1. The van der Waals surface area contributed by atoms with Crippen LogP contribution in [0.1, 0.15) is 0 Å². The smallest absolute Gasteiger partial charge is 0.0885 e. The fourth-order valence-electron chi connectivity index (χ4n) is 1.05. The molecule has 0 bridgehead atoms. The molecule has 3 N–H and O–H groups in total. The zero-order valence-corrected chi connectivity index (χ0v) is 7.27. The number of fused-ring (bicyclic) bond motifs is 1. The molecular weight excluding hydrogens is 204 g/mol. The molecule has 1 heterocycles. The van der Waals surface area contributed by atoms with Gasteiger partial charge in [-0.3, -0.25) is 0 Å². The standard InChI is InChI=1S/C8H6BrN2/c9-5-1-2-8-6(3-5)7(10)4-11-8/h1-3,11H,10H2. The van der Waals surface area contributed by atoms with Gasteiger partial charge in [0.25, 0.3) is 0 Å². The number of nitrogens with two attached hydrogens (primary N) is 1. The molecule has 11 heavy (non-hydrogen) atoms. The number of aromatic nitrogens is 1. The van der Waals surface area contributed by atoms with E-state index in [4.69, 9.17) is 5.73 Å². The Hall–Kier alpha value is -0.960. The van der Waals surface area contributed by atoms with Crippen molar-refractivity contribution in [1.82, 2.24) is 4.98 Å². The van der Waals surface area contributed by atoms with E-state index in [2.05, 4.69) is 27.1 Å². The largest absolute Gasteiger partial charge is 0.396 e. The summed E-state index contributed by atoms with van der Waals surface area (Å²) in [5.41, 5.74) is 7.32. The summed E-state index contributed by atoms with van der Waals surface area (Å²) < 4.78 is 1.03. The third-order valence-electron chi connectivity index (χ3n) is 1.60. The molecule has 2 nitrogen and oxygen atoms in total. The van der Waals surface area contributed by atoms with Crippen LogP contribution in [0.4, 0.5) is 5.69 Å². The minimum atomic E-state index is 0.668. The molecule has 0 fully saturated rings. The Morgan fingerprint density at radius 2 is 2.27 bits per heavy atom. The number of halogens is 1. The monoisotopic (exact) mass is 209 g/mol. The first kappa shape index (κ1) is 6.73. The van der Waals surface area contributed by atoms with Gasteiger partial charge in [0.1, 0.15) is 0 Å². The van der Waals surface area contributed by atoms with Crippen molar-refractivity contribution < 1.29 is 0 Å². The lowest BCUT2D eigenvalue weighted by Crippen LogP contribution is -1.79. The summed E-state index contributed by atoms with van der Waals surface area (Å²) in [4.78, 5) is 2.94. The van der Waals surface area contributed by atoms with Gasteiger partial charge in [0.15, 0.2) is 0 Å². The van der Waals surface area contributed by atoms with Crippen molar-refractivity contribution in [3.8, 4) is 0 Å². The Balaban J connectivity index is 2.87. The highest BCUT2D eigenvalue weighted by Gasteiger charge is 1.99. The van der Waals surface area contributed by atoms with E-state index < -0.39 is 0 Å². The highest BCUT2D eigenvalue weighted by Crippen LogP contribution is 2.23. The van der Waals surface area contributed by atoms with Crippen LogP contribution < -0.4 is 5.73 Å². The Labute approximate surface area is 72.5 Å². The normalized spacial score (nSPS) is 10.6. The van der Waals surface area contributed by atoms with Crippen LogP contribution in [-0.2, 0) is 0 Å². The van der Waals surface area contributed by atoms with Gasteiger partial charge in [-0.1, -0.05) is 15.9 Å². The van der Waals surface area contributed by atoms with Gasteiger partial charge in [-0.05, 0) is 18.2 Å². The Bertz CT molecular complexity index is 392. The number of hydrogen-bond acceptors (Lipinski definition) is 1. The van der Waals surface area contributed by atoms with Crippen LogP contribution in [-0.4, -0.2) is 4.98 Å². The van der Waals surface area contributed by atoms with Crippen molar-refractivity contribution in [2.75, 3.05) is 5.73 Å². The van der Waals surface area contributed by atoms with Crippen LogP contribution in [0.2, 0.25) is 0 Å². The highest BCUT2D eigenvalue weighted by atomic mass is 79.9. The maximum absolute atomic E-state index is 5.64. The quantitative estimate of drug-likeness (QED) is 0.688. The van der Waals surface area contributed by atoms with Crippen molar-refractivity contribution >= 4 is 32.5 Å². The number of H-pyrrole nitrogens is 1. The van der Waals surface area contributed by atoms with Crippen molar-refractivity contribution in [1.29, 1.82) is 0 Å². The number of rotatable bonds is 0. The third-order valence-corrected chi connectivity index (χ3v) is 2.10. The summed E-state index contributed by atoms with van der Waals surface area (Å²) in [6.45, 7) is 0. The molecule has 1 radical (unpaired) electrons. The van der Waals surface area contributed by atoms with Gasteiger partial charge >= 0.3 is 0 Å². The third kappa shape index (κ3) is 1.01. The number of nitrogens with one attached hydrogen (secondary N) is 1. The summed E-state index contributed by atoms with van der Waals surface area (Å²) in [6.07, 6.45) is 2.84. The molecule has 0 unspecified atom stereocenters. The Kier molecular flexibility index (Phi) is 1.39. The summed E-state index contributed by atoms with van der Waals surface area (Å²) in [5.74, 6) is 0. The second-order valence-corrected chi connectivity index (χ2v) is 3.27. The molecule has 0 aliphatic heterocycles. The van der Waals surface area contributed by atoms with Crippen LogP contribution in [0.5, 0.6) is 0 Å². The zero-order chi connectivity index (χ0) is 7.84. The molecule has 0 aliphatic carbocycles. The van der Waals surface area contributed by atoms with Crippen molar-refractivity contribution in [2.45, 2.75) is 0 Å². The molecule has 3 heteroatoms. The first-order valence-corrected chi connectivity index (χ1v) is 4.01. The van der Waals surface area contributed by atoms with Gasteiger partial charge in [-0.2, -0.15) is 0 Å². The van der Waals surface area contributed by atoms with E-state index >= 15 is 0 Å². The van der Waals surface area contributed by atoms with E-state index in [-0.39, 0.29) is 0 Å². The number of aromatic amines is 1. The molecule has 0 spiro atoms. The summed E-state index contributed by atoms with van der Waals surface area (Å²) in [6, 6.07) is 5.90. The summed E-state index contributed by atoms with van der Waals surface area (Å²) >= 11 is 3.37. The predicted octanol–water partition coefficient (Wildman–Crippen LogP) is 2.31. The van der Waals surface area contributed by atoms with E-state index in [1.807, 2.05) is 18.2 Å². The van der Waals surface area contributed by atoms with Crippen molar-refractivity contribution in [3.63, 3.8) is 0 Å². The van der Waals surface area contributed by atoms with Crippen LogP contribution in [0.3, 0.4) is 0 Å². The number of hydrogen-bond donors (Lipinski definition) is 2. The van der Waals surface area contributed by atoms with Gasteiger partial charge in [0.2, 0.25) is 0 Å². The molecular formula is C8H6BrN2. The fourth-order valence-corrected chi connectivity index (χ4v) is 1.41. The Morgan fingerprint density at radius 1 is 1.45 bits per heavy atom. The van der Waals surface area contributed by atoms with Gasteiger partial charge in [0, 0.05) is 15.4 Å². The molecule has 1 aromatic heterocycles. The van der Waals surface area contributed by atoms with Gasteiger partial charge in [-0.15, -0.1) is 0 Å². The molecule has 2 aromatic rings. The number of nitrogen functional groups attached to an aromatic ring is 1. The summed E-state index contributed by atoms with van der Waals surface area (Å²) in [5, 5.41) is 1.01. The predicted molar refractivity (Wildman–Crippen MR) is 49.2 cm³/mol. The lowest BCUT2D eigenvalue weighted by Gasteiger charge is -1.91. The van der Waals surface area contributed by atoms with E-state index in [1.54, 1.807) is 0 Å². The van der Waals surface area contributed by atoms with Crippen LogP contribution >= 0.6 is 15.9 Å². The molecule has 0 atom stereocenters. The van der Waals surface area contributed by atoms with Crippen molar-refractivity contribution in [2.24, 2.45) is 0 Å². The second-order valence-electron chi connectivity index (χ2n) is 2.35. The van der Waals surface area contributed by atoms with E-state index in [9.17, 15) is 0 Å². The van der Waals surface area contributed by atoms with Crippen LogP contribution in [0, 0.1) is 6.20 Å². The first-order valence-electron chi connectivity index (χ1n) is 3.22. The summed E-state index contributed by atoms with van der Waals surface area (Å²) in [7, 11) is 0. The van der Waals surface area contributed by atoms with E-state index in [0.29, 0.717) is 5.69 Å². The molecule has 2 rings (SSSR count). The Morgan fingerprint density at radius 3 is 3.09 bits per heavy atom. The van der Waals surface area contributed by atoms with E-state index in [1.165, 1.54) is 0 Å². The lowest BCUT2D eigenvalue weighted by molar-refractivity contribution is 1.46. The SMILES string of the molecule is Nc1[c][nH]c2ccc(Br)cc12. The topological polar surface area (TPSA) is 41.8 Å². The lowest BCUT2D eigenvalue weighted by atomic mass is 10.2. The maximum atomic E-state index is 5.64. The fraction of sp³-hybridized carbons (Fsp3) is 0. The molecule has 0 amide bonds. The average molecular weight is 210 g/mol. The van der Waals surface area contributed by atoms with Crippen LogP contribution in [0.15, 0.2) is 22.7 Å². The first-order chi connectivity index (χ1) is 5.27. The maximum Gasteiger partial charge on any atom is 0.0885 e. The average Bonchev–Trinajstić information content (AvgIpc) is 2.33. The second kappa shape index (κ2) is 2.27. The number of anilines is 1. The zero-order valence-electron chi connectivity index (χ0n) is 5.69. The molecule has 1 aromatic carbocycles. The minimum Gasteiger partial charge on any atom is -0.396 e. The highest BCUT2D eigenvalue weighted by molar-refractivity contribution is 9.10. The minimum absolute atomic E-state index is 0.668. The molecule has 0 saturated heterocycles. The van der Waals surface area contributed by atoms with Gasteiger partial charge < -0.3 is 10.7 Å². The molecule has 0 aliphatic rings. The molecule has 55 valence electrons.